The Labute approximate surface area is 155 Å². The number of nitrogens with zero attached hydrogens (tertiary/aromatic N) is 3. The van der Waals surface area contributed by atoms with Gasteiger partial charge in [0.2, 0.25) is 5.91 Å². The molecule has 1 aromatic heterocycles. The molecule has 3 rings (SSSR count). The number of piperidine rings is 1. The monoisotopic (exact) mass is 364 g/mol. The molecule has 1 amide bonds. The van der Waals surface area contributed by atoms with E-state index in [1.807, 2.05) is 13.8 Å². The zero-order valence-electron chi connectivity index (χ0n) is 16.0. The summed E-state index contributed by atoms with van der Waals surface area (Å²) in [4.78, 5) is 16.8. The van der Waals surface area contributed by atoms with Gasteiger partial charge in [-0.3, -0.25) is 9.69 Å². The number of β-amino-alcohol motifs (C(OH)–C–C–N with tert-alkyl or cyclic N) is 1. The Bertz CT molecular complexity index is 578. The molecule has 2 atom stereocenters. The Morgan fingerprint density at radius 1 is 1.27 bits per heavy atom. The lowest BCUT2D eigenvalue weighted by Crippen LogP contribution is -2.53. The Balaban J connectivity index is 1.38. The molecule has 26 heavy (non-hydrogen) atoms. The highest BCUT2D eigenvalue weighted by Crippen LogP contribution is 2.19. The predicted octanol–water partition coefficient (Wildman–Crippen LogP) is 1.22. The van der Waals surface area contributed by atoms with E-state index in [1.165, 1.54) is 25.9 Å². The molecule has 0 unspecified atom stereocenters. The van der Waals surface area contributed by atoms with Crippen LogP contribution in [0.3, 0.4) is 0 Å². The first-order valence-electron chi connectivity index (χ1n) is 9.87. The Hall–Kier alpha value is -1.44. The van der Waals surface area contributed by atoms with E-state index in [0.717, 1.165) is 49.5 Å². The number of aliphatic hydroxyl groups is 1. The summed E-state index contributed by atoms with van der Waals surface area (Å²) in [6, 6.07) is -0.143. The van der Waals surface area contributed by atoms with Crippen molar-refractivity contribution in [2.45, 2.75) is 64.6 Å². The zero-order chi connectivity index (χ0) is 18.5. The SMILES string of the molecule is Cc1noc(C)c1CN1CC[C@@H](NC(=O)CCCN2CCCC2)[C@H](O)C1. The van der Waals surface area contributed by atoms with E-state index in [1.54, 1.807) is 0 Å². The van der Waals surface area contributed by atoms with Crippen molar-refractivity contribution in [2.75, 3.05) is 32.7 Å². The van der Waals surface area contributed by atoms with Gasteiger partial charge in [-0.2, -0.15) is 0 Å². The lowest BCUT2D eigenvalue weighted by Gasteiger charge is -2.36. The first-order valence-corrected chi connectivity index (χ1v) is 9.87. The van der Waals surface area contributed by atoms with Crippen LogP contribution in [0, 0.1) is 13.8 Å². The van der Waals surface area contributed by atoms with Gasteiger partial charge in [0.15, 0.2) is 0 Å². The molecular weight excluding hydrogens is 332 g/mol. The largest absolute Gasteiger partial charge is 0.390 e. The molecule has 0 spiro atoms. The van der Waals surface area contributed by atoms with Crippen LogP contribution in [0.1, 0.15) is 49.1 Å². The minimum absolute atomic E-state index is 0.0624. The van der Waals surface area contributed by atoms with Crippen molar-refractivity contribution in [3.63, 3.8) is 0 Å². The third-order valence-electron chi connectivity index (χ3n) is 5.65. The maximum atomic E-state index is 12.2. The van der Waals surface area contributed by atoms with Crippen LogP contribution < -0.4 is 5.32 Å². The molecule has 146 valence electrons. The number of nitrogens with one attached hydrogen (secondary N) is 1. The number of carbonyl (C=O) groups excluding carboxylic acids is 1. The highest BCUT2D eigenvalue weighted by molar-refractivity contribution is 5.76. The molecule has 0 radical (unpaired) electrons. The maximum Gasteiger partial charge on any atom is 0.220 e. The van der Waals surface area contributed by atoms with Crippen molar-refractivity contribution in [2.24, 2.45) is 0 Å². The second kappa shape index (κ2) is 8.97. The molecule has 7 heteroatoms. The average Bonchev–Trinajstić information content (AvgIpc) is 3.23. The molecule has 2 fully saturated rings. The quantitative estimate of drug-likeness (QED) is 0.757. The van der Waals surface area contributed by atoms with E-state index < -0.39 is 6.10 Å². The summed E-state index contributed by atoms with van der Waals surface area (Å²) in [5.74, 6) is 0.901. The third kappa shape index (κ3) is 5.05. The summed E-state index contributed by atoms with van der Waals surface area (Å²) in [6.07, 6.45) is 4.24. The van der Waals surface area contributed by atoms with Gasteiger partial charge in [-0.05, 0) is 59.2 Å². The van der Waals surface area contributed by atoms with E-state index in [-0.39, 0.29) is 11.9 Å². The topological polar surface area (TPSA) is 81.8 Å². The zero-order valence-corrected chi connectivity index (χ0v) is 16.0. The number of hydrogen-bond acceptors (Lipinski definition) is 6. The van der Waals surface area contributed by atoms with Crippen LogP contribution in [0.25, 0.3) is 0 Å². The number of likely N-dealkylation sites (tertiary alicyclic amines) is 2. The molecule has 0 aromatic carbocycles. The number of aliphatic hydroxyl groups excluding tert-OH is 1. The molecule has 2 aliphatic heterocycles. The van der Waals surface area contributed by atoms with Crippen LogP contribution in [0.4, 0.5) is 0 Å². The van der Waals surface area contributed by atoms with Crippen molar-refractivity contribution in [1.29, 1.82) is 0 Å². The van der Waals surface area contributed by atoms with Gasteiger partial charge in [0.05, 0.1) is 17.8 Å². The second-order valence-corrected chi connectivity index (χ2v) is 7.72. The van der Waals surface area contributed by atoms with Gasteiger partial charge in [0.25, 0.3) is 0 Å². The number of hydrogen-bond donors (Lipinski definition) is 2. The summed E-state index contributed by atoms with van der Waals surface area (Å²) < 4.78 is 5.21. The molecule has 3 heterocycles. The Morgan fingerprint density at radius 2 is 2.04 bits per heavy atom. The van der Waals surface area contributed by atoms with Crippen molar-refractivity contribution in [1.82, 2.24) is 20.3 Å². The van der Waals surface area contributed by atoms with Gasteiger partial charge in [0, 0.05) is 31.6 Å². The highest BCUT2D eigenvalue weighted by Gasteiger charge is 2.29. The molecule has 7 nitrogen and oxygen atoms in total. The van der Waals surface area contributed by atoms with E-state index in [0.29, 0.717) is 13.0 Å². The second-order valence-electron chi connectivity index (χ2n) is 7.72. The summed E-state index contributed by atoms with van der Waals surface area (Å²) in [6.45, 7) is 9.34. The van der Waals surface area contributed by atoms with Gasteiger partial charge in [-0.15, -0.1) is 0 Å². The Morgan fingerprint density at radius 3 is 2.69 bits per heavy atom. The van der Waals surface area contributed by atoms with Crippen LogP contribution >= 0.6 is 0 Å². The van der Waals surface area contributed by atoms with Gasteiger partial charge in [0.1, 0.15) is 5.76 Å². The van der Waals surface area contributed by atoms with Gasteiger partial charge in [-0.1, -0.05) is 5.16 Å². The number of amides is 1. The first kappa shape index (κ1) is 19.3. The fourth-order valence-corrected chi connectivity index (χ4v) is 4.01. The van der Waals surface area contributed by atoms with E-state index in [2.05, 4.69) is 20.3 Å². The van der Waals surface area contributed by atoms with E-state index >= 15 is 0 Å². The van der Waals surface area contributed by atoms with Crippen LogP contribution in [-0.2, 0) is 11.3 Å². The molecule has 0 bridgehead atoms. The molecule has 1 aromatic rings. The average molecular weight is 364 g/mol. The van der Waals surface area contributed by atoms with Crippen LogP contribution in [-0.4, -0.2) is 70.8 Å². The van der Waals surface area contributed by atoms with Crippen molar-refractivity contribution in [3.05, 3.63) is 17.0 Å². The fraction of sp³-hybridized carbons (Fsp3) is 0.789. The lowest BCUT2D eigenvalue weighted by atomic mass is 10.0. The number of carbonyl (C=O) groups is 1. The molecule has 2 saturated heterocycles. The molecule has 2 aliphatic rings. The van der Waals surface area contributed by atoms with Gasteiger partial charge < -0.3 is 19.8 Å². The molecular formula is C19H32N4O3. The smallest absolute Gasteiger partial charge is 0.220 e. The summed E-state index contributed by atoms with van der Waals surface area (Å²) in [7, 11) is 0. The number of aryl methyl sites for hydroxylation is 2. The van der Waals surface area contributed by atoms with E-state index in [9.17, 15) is 9.90 Å². The van der Waals surface area contributed by atoms with Crippen LogP contribution in [0.5, 0.6) is 0 Å². The summed E-state index contributed by atoms with van der Waals surface area (Å²) in [5.41, 5.74) is 2.01. The van der Waals surface area contributed by atoms with Crippen molar-refractivity contribution < 1.29 is 14.4 Å². The maximum absolute atomic E-state index is 12.2. The van der Waals surface area contributed by atoms with Crippen molar-refractivity contribution in [3.8, 4) is 0 Å². The van der Waals surface area contributed by atoms with Crippen molar-refractivity contribution >= 4 is 5.91 Å². The third-order valence-corrected chi connectivity index (χ3v) is 5.65. The molecule has 2 N–H and O–H groups in total. The van der Waals surface area contributed by atoms with E-state index in [4.69, 9.17) is 4.52 Å². The van der Waals surface area contributed by atoms with Crippen LogP contribution in [0.15, 0.2) is 4.52 Å². The summed E-state index contributed by atoms with van der Waals surface area (Å²) in [5, 5.41) is 17.5. The first-order chi connectivity index (χ1) is 12.5. The number of aromatic nitrogens is 1. The molecule has 0 saturated carbocycles. The standard InChI is InChI=1S/C19H32N4O3/c1-14-16(15(2)26-21-14)12-23-11-7-17(18(24)13-23)20-19(25)6-5-10-22-8-3-4-9-22/h17-18,24H,3-13H2,1-2H3,(H,20,25)/t17-,18-/m1/s1. The van der Waals surface area contributed by atoms with Crippen LogP contribution in [0.2, 0.25) is 0 Å². The highest BCUT2D eigenvalue weighted by atomic mass is 16.5. The Kier molecular flexibility index (Phi) is 6.67. The predicted molar refractivity (Wildman–Crippen MR) is 98.7 cm³/mol. The normalized spacial score (nSPS) is 24.9. The number of rotatable bonds is 7. The van der Waals surface area contributed by atoms with Gasteiger partial charge in [-0.25, -0.2) is 0 Å². The van der Waals surface area contributed by atoms with Gasteiger partial charge >= 0.3 is 0 Å². The fourth-order valence-electron chi connectivity index (χ4n) is 4.01. The summed E-state index contributed by atoms with van der Waals surface area (Å²) >= 11 is 0. The minimum Gasteiger partial charge on any atom is -0.390 e. The molecule has 0 aliphatic carbocycles. The minimum atomic E-state index is -0.535. The lowest BCUT2D eigenvalue weighted by molar-refractivity contribution is -0.123.